The van der Waals surface area contributed by atoms with Gasteiger partial charge in [0.15, 0.2) is 0 Å². The summed E-state index contributed by atoms with van der Waals surface area (Å²) in [6, 6.07) is 5.66. The van der Waals surface area contributed by atoms with E-state index >= 15 is 0 Å². The highest BCUT2D eigenvalue weighted by atomic mass is 35.5. The minimum absolute atomic E-state index is 0.138. The van der Waals surface area contributed by atoms with Crippen LogP contribution in [-0.2, 0) is 4.79 Å². The molecule has 2 heterocycles. The molecule has 1 aliphatic rings. The van der Waals surface area contributed by atoms with E-state index in [1.54, 1.807) is 0 Å². The van der Waals surface area contributed by atoms with Gasteiger partial charge in [-0.25, -0.2) is 4.39 Å². The number of hydrogen-bond donors (Lipinski definition) is 1. The van der Waals surface area contributed by atoms with Gasteiger partial charge >= 0.3 is 0 Å². The fraction of sp³-hybridized carbons (Fsp3) is 0.389. The zero-order chi connectivity index (χ0) is 19.0. The van der Waals surface area contributed by atoms with Crippen molar-refractivity contribution in [2.24, 2.45) is 5.92 Å². The van der Waals surface area contributed by atoms with Crippen LogP contribution in [0.3, 0.4) is 0 Å². The summed E-state index contributed by atoms with van der Waals surface area (Å²) in [5.74, 6) is -0.920. The first kappa shape index (κ1) is 18.2. The summed E-state index contributed by atoms with van der Waals surface area (Å²) < 4.78 is 13.4. The molecule has 3 rings (SSSR count). The number of aromatic nitrogens is 1. The van der Waals surface area contributed by atoms with Crippen LogP contribution in [0.2, 0.25) is 5.02 Å². The fourth-order valence-corrected chi connectivity index (χ4v) is 3.55. The molecule has 0 radical (unpaired) electrons. The average Bonchev–Trinajstić information content (AvgIpc) is 3.17. The van der Waals surface area contributed by atoms with Gasteiger partial charge < -0.3 is 14.8 Å². The number of nitrogens with one attached hydrogen (secondary N) is 1. The number of benzene rings is 1. The van der Waals surface area contributed by atoms with Crippen LogP contribution in [0.25, 0.3) is 10.9 Å². The van der Waals surface area contributed by atoms with Crippen molar-refractivity contribution in [3.63, 3.8) is 0 Å². The Hall–Kier alpha value is -2.59. The Bertz CT molecular complexity index is 920. The molecule has 2 amide bonds. The first-order chi connectivity index (χ1) is 12.3. The summed E-state index contributed by atoms with van der Waals surface area (Å²) in [7, 11) is 1.51. The van der Waals surface area contributed by atoms with Crippen LogP contribution < -0.4 is 0 Å². The Morgan fingerprint density at radius 2 is 2.19 bits per heavy atom. The molecule has 1 aliphatic heterocycles. The SMILES string of the molecule is CC1CC(C#N)N(C(=O)CN(C)C(=O)c2cc3c(Cl)cc(F)cc3[nH]2)C1. The minimum atomic E-state index is -0.502. The van der Waals surface area contributed by atoms with Gasteiger partial charge in [-0.1, -0.05) is 18.5 Å². The molecule has 1 saturated heterocycles. The van der Waals surface area contributed by atoms with Crippen molar-refractivity contribution in [1.29, 1.82) is 5.26 Å². The van der Waals surface area contributed by atoms with E-state index in [2.05, 4.69) is 11.1 Å². The Morgan fingerprint density at radius 3 is 2.88 bits per heavy atom. The number of likely N-dealkylation sites (tertiary alicyclic amines) is 1. The zero-order valence-electron chi connectivity index (χ0n) is 14.4. The van der Waals surface area contributed by atoms with Crippen LogP contribution >= 0.6 is 11.6 Å². The number of likely N-dealkylation sites (N-methyl/N-ethyl adjacent to an activating group) is 1. The molecule has 26 heavy (non-hydrogen) atoms. The van der Waals surface area contributed by atoms with Gasteiger partial charge in [-0.05, 0) is 30.5 Å². The summed E-state index contributed by atoms with van der Waals surface area (Å²) in [6.45, 7) is 2.36. The molecule has 0 bridgehead atoms. The van der Waals surface area contributed by atoms with Crippen molar-refractivity contribution < 1.29 is 14.0 Å². The van der Waals surface area contributed by atoms with Crippen LogP contribution in [0.15, 0.2) is 18.2 Å². The second-order valence-corrected chi connectivity index (χ2v) is 7.13. The quantitative estimate of drug-likeness (QED) is 0.894. The number of amides is 2. The second-order valence-electron chi connectivity index (χ2n) is 6.72. The second kappa shape index (κ2) is 6.96. The first-order valence-electron chi connectivity index (χ1n) is 8.22. The molecule has 2 unspecified atom stereocenters. The van der Waals surface area contributed by atoms with Crippen molar-refractivity contribution in [1.82, 2.24) is 14.8 Å². The van der Waals surface area contributed by atoms with Crippen molar-refractivity contribution in [3.8, 4) is 6.07 Å². The highest BCUT2D eigenvalue weighted by Gasteiger charge is 2.33. The number of H-pyrrole nitrogens is 1. The van der Waals surface area contributed by atoms with E-state index in [1.165, 1.54) is 35.0 Å². The van der Waals surface area contributed by atoms with Crippen molar-refractivity contribution in [2.45, 2.75) is 19.4 Å². The van der Waals surface area contributed by atoms with Gasteiger partial charge in [-0.15, -0.1) is 0 Å². The molecule has 0 saturated carbocycles. The number of nitrogens with zero attached hydrogens (tertiary/aromatic N) is 3. The summed E-state index contributed by atoms with van der Waals surface area (Å²) >= 11 is 6.00. The van der Waals surface area contributed by atoms with Gasteiger partial charge in [-0.2, -0.15) is 5.26 Å². The number of aromatic amines is 1. The van der Waals surface area contributed by atoms with Gasteiger partial charge in [-0.3, -0.25) is 9.59 Å². The van der Waals surface area contributed by atoms with Crippen LogP contribution in [0, 0.1) is 23.1 Å². The molecular formula is C18H18ClFN4O2. The van der Waals surface area contributed by atoms with Crippen molar-refractivity contribution >= 4 is 34.3 Å². The maximum atomic E-state index is 13.4. The van der Waals surface area contributed by atoms with Gasteiger partial charge in [0.2, 0.25) is 5.91 Å². The molecule has 136 valence electrons. The molecular weight excluding hydrogens is 359 g/mol. The van der Waals surface area contributed by atoms with Crippen LogP contribution in [0.4, 0.5) is 4.39 Å². The predicted octanol–water partition coefficient (Wildman–Crippen LogP) is 2.79. The zero-order valence-corrected chi connectivity index (χ0v) is 15.2. The van der Waals surface area contributed by atoms with E-state index in [1.807, 2.05) is 6.92 Å². The molecule has 0 aliphatic carbocycles. The molecule has 2 aromatic rings. The Morgan fingerprint density at radius 1 is 1.46 bits per heavy atom. The number of carbonyl (C=O) groups excluding carboxylic acids is 2. The largest absolute Gasteiger partial charge is 0.350 e. The minimum Gasteiger partial charge on any atom is -0.350 e. The number of nitriles is 1. The lowest BCUT2D eigenvalue weighted by atomic mass is 10.1. The van der Waals surface area contributed by atoms with Gasteiger partial charge in [0.1, 0.15) is 17.6 Å². The highest BCUT2D eigenvalue weighted by Crippen LogP contribution is 2.26. The van der Waals surface area contributed by atoms with E-state index in [9.17, 15) is 19.2 Å². The third-order valence-electron chi connectivity index (χ3n) is 4.58. The van der Waals surface area contributed by atoms with Gasteiger partial charge in [0, 0.05) is 19.0 Å². The smallest absolute Gasteiger partial charge is 0.270 e. The molecule has 1 aromatic heterocycles. The molecule has 1 N–H and O–H groups in total. The number of hydrogen-bond acceptors (Lipinski definition) is 3. The van der Waals surface area contributed by atoms with Crippen molar-refractivity contribution in [2.75, 3.05) is 20.1 Å². The predicted molar refractivity (Wildman–Crippen MR) is 95.1 cm³/mol. The Kier molecular flexibility index (Phi) is 4.88. The van der Waals surface area contributed by atoms with Gasteiger partial charge in [0.25, 0.3) is 5.91 Å². The summed E-state index contributed by atoms with van der Waals surface area (Å²) in [5.41, 5.74) is 0.630. The molecule has 2 atom stereocenters. The fourth-order valence-electron chi connectivity index (χ4n) is 3.29. The van der Waals surface area contributed by atoms with Crippen LogP contribution in [0.1, 0.15) is 23.8 Å². The third-order valence-corrected chi connectivity index (χ3v) is 4.89. The lowest BCUT2D eigenvalue weighted by Gasteiger charge is -2.23. The summed E-state index contributed by atoms with van der Waals surface area (Å²) in [5, 5.41) is 9.92. The van der Waals surface area contributed by atoms with Crippen molar-refractivity contribution in [3.05, 3.63) is 34.7 Å². The number of fused-ring (bicyclic) bond motifs is 1. The number of carbonyl (C=O) groups is 2. The monoisotopic (exact) mass is 376 g/mol. The summed E-state index contributed by atoms with van der Waals surface area (Å²) in [4.78, 5) is 30.7. The number of halogens is 2. The maximum Gasteiger partial charge on any atom is 0.270 e. The van der Waals surface area contributed by atoms with Gasteiger partial charge in [0.05, 0.1) is 23.2 Å². The van der Waals surface area contributed by atoms with E-state index in [0.717, 1.165) is 0 Å². The lowest BCUT2D eigenvalue weighted by Crippen LogP contribution is -2.43. The average molecular weight is 377 g/mol. The van der Waals surface area contributed by atoms with E-state index in [4.69, 9.17) is 11.6 Å². The Labute approximate surface area is 155 Å². The van der Waals surface area contributed by atoms with E-state index in [-0.39, 0.29) is 29.1 Å². The molecule has 1 fully saturated rings. The molecule has 1 aromatic carbocycles. The topological polar surface area (TPSA) is 80.2 Å². The molecule has 0 spiro atoms. The lowest BCUT2D eigenvalue weighted by molar-refractivity contribution is -0.131. The maximum absolute atomic E-state index is 13.4. The molecule has 8 heteroatoms. The van der Waals surface area contributed by atoms with E-state index in [0.29, 0.717) is 23.9 Å². The number of rotatable bonds is 3. The Balaban J connectivity index is 1.75. The standard InChI is InChI=1S/C18H18ClFN4O2/c1-10-3-12(7-21)24(8-10)17(25)9-23(2)18(26)16-6-13-14(19)4-11(20)5-15(13)22-16/h4-6,10,12,22H,3,8-9H2,1-2H3. The normalized spacial score (nSPS) is 19.6. The highest BCUT2D eigenvalue weighted by molar-refractivity contribution is 6.35. The van der Waals surface area contributed by atoms with Crippen LogP contribution in [0.5, 0.6) is 0 Å². The summed E-state index contributed by atoms with van der Waals surface area (Å²) in [6.07, 6.45) is 0.645. The first-order valence-corrected chi connectivity index (χ1v) is 8.60. The van der Waals surface area contributed by atoms with Crippen LogP contribution in [-0.4, -0.2) is 52.8 Å². The van der Waals surface area contributed by atoms with E-state index < -0.39 is 17.8 Å². The molecule has 6 nitrogen and oxygen atoms in total. The third kappa shape index (κ3) is 3.37.